The van der Waals surface area contributed by atoms with Crippen LogP contribution in [0.3, 0.4) is 0 Å². The first-order valence-electron chi connectivity index (χ1n) is 23.3. The zero-order valence-corrected chi connectivity index (χ0v) is 42.8. The van der Waals surface area contributed by atoms with Crippen LogP contribution in [0.2, 0.25) is 0 Å². The summed E-state index contributed by atoms with van der Waals surface area (Å²) < 4.78 is 48.3. The van der Waals surface area contributed by atoms with Crippen molar-refractivity contribution >= 4 is 39.6 Å². The van der Waals surface area contributed by atoms with Gasteiger partial charge in [-0.2, -0.15) is 9.84 Å². The molecule has 0 bridgehead atoms. The van der Waals surface area contributed by atoms with Crippen LogP contribution in [0.15, 0.2) is 195 Å². The summed E-state index contributed by atoms with van der Waals surface area (Å²) in [6.45, 7) is 5.47. The van der Waals surface area contributed by atoms with Crippen molar-refractivity contribution in [2.24, 2.45) is 105 Å². The second kappa shape index (κ2) is 26.9. The van der Waals surface area contributed by atoms with Crippen molar-refractivity contribution in [3.8, 4) is 11.1 Å². The van der Waals surface area contributed by atoms with Crippen molar-refractivity contribution in [3.63, 3.8) is 0 Å². The minimum atomic E-state index is -4.65. The van der Waals surface area contributed by atoms with E-state index >= 15 is 4.79 Å². The van der Waals surface area contributed by atoms with Crippen molar-refractivity contribution in [2.75, 3.05) is 33.4 Å². The number of amides is 3. The number of allylic oxidation sites excluding steroid dienone is 1. The number of rotatable bonds is 18. The fourth-order valence-corrected chi connectivity index (χ4v) is 9.79. The van der Waals surface area contributed by atoms with E-state index in [-0.39, 0.29) is 49.5 Å². The van der Waals surface area contributed by atoms with Gasteiger partial charge < -0.3 is 29.7 Å². The van der Waals surface area contributed by atoms with Crippen LogP contribution in [0.4, 0.5) is 10.5 Å². The third kappa shape index (κ3) is 15.5. The smallest absolute Gasteiger partial charge is 0.408 e. The molecule has 2 fully saturated rings. The Kier molecular flexibility index (Phi) is 20.0. The van der Waals surface area contributed by atoms with Crippen LogP contribution >= 0.6 is 0 Å². The molecule has 0 radical (unpaired) electrons. The fourth-order valence-electron chi connectivity index (χ4n) is 8.17. The van der Waals surface area contributed by atoms with Crippen molar-refractivity contribution in [1.82, 2.24) is 19.8 Å². The SMILES string of the molecule is CCOC(=O)[C@@]12C[C@@H]1/C=C\CCCN(S(=O)(=O)c1ccccc1N=N/N=N/N=N/N=N/N=N/N=N/N=N/N=N/N=N/N=N)C[C@H](NC(=O)OC(C)(C)C)C(=O)N1C[C@](OC)(c3ccc(-c4ccccc4)cc3)C[C@H]1C(=O)N2. The Hall–Kier alpha value is -9.05. The molecule has 0 aromatic heterocycles. The Morgan fingerprint density at radius 2 is 1.35 bits per heavy atom. The minimum Gasteiger partial charge on any atom is -0.464 e. The Morgan fingerprint density at radius 3 is 1.94 bits per heavy atom. The second-order valence-corrected chi connectivity index (χ2v) is 19.5. The summed E-state index contributed by atoms with van der Waals surface area (Å²) in [5, 5.41) is 65.0. The van der Waals surface area contributed by atoms with Crippen LogP contribution in [0.25, 0.3) is 11.1 Å². The lowest BCUT2D eigenvalue weighted by atomic mass is 9.89. The van der Waals surface area contributed by atoms with Crippen LogP contribution in [0, 0.1) is 11.4 Å². The van der Waals surface area contributed by atoms with Crippen LogP contribution in [-0.4, -0.2) is 98.1 Å². The number of fused-ring (bicyclic) bond motifs is 2. The van der Waals surface area contributed by atoms with Gasteiger partial charge >= 0.3 is 12.1 Å². The lowest BCUT2D eigenvalue weighted by Gasteiger charge is -2.33. The highest BCUT2D eigenvalue weighted by Gasteiger charge is 2.63. The Balaban J connectivity index is 1.31. The van der Waals surface area contributed by atoms with Crippen LogP contribution in [0.5, 0.6) is 0 Å². The maximum absolute atomic E-state index is 15.4. The van der Waals surface area contributed by atoms with E-state index in [1.54, 1.807) is 39.8 Å². The molecule has 3 aromatic carbocycles. The van der Waals surface area contributed by atoms with Gasteiger partial charge in [0.2, 0.25) is 21.8 Å². The number of hydrogen-bond acceptors (Lipinski definition) is 11. The van der Waals surface area contributed by atoms with Crippen molar-refractivity contribution in [1.29, 1.82) is 5.53 Å². The van der Waals surface area contributed by atoms with Crippen LogP contribution in [-0.2, 0) is 44.2 Å². The molecule has 33 nitrogen and oxygen atoms in total. The molecule has 2 aliphatic heterocycles. The first kappa shape index (κ1) is 57.2. The quantitative estimate of drug-likeness (QED) is 0.0472. The molecule has 2 heterocycles. The number of carbonyl (C=O) groups is 4. The first-order chi connectivity index (χ1) is 37.1. The molecule has 404 valence electrons. The summed E-state index contributed by atoms with van der Waals surface area (Å²) >= 11 is 0. The number of esters is 1. The number of carbonyl (C=O) groups excluding carboxylic acids is 4. The Labute approximate surface area is 438 Å². The fraction of sp³-hybridized carbons (Fsp3) is 0.442. The standard InChI is InChI=1S/C43H52N24O9S/c1-6-75-39(70)43-25-32(43)17-11-8-14-24-66(77(72,73)36-19-13-12-18-33(36)47-49-51-53-55-57-59-61-63-65-64-62-60-58-56-54-52-50-48-44)27-34(45-40(71)76-41(2,3)4)38(69)67-28-42(74-5,26-35(67)37(68)46-43)31-22-20-30(21-23-31)29-15-9-7-10-16-29/h7,9-13,15-23,32,34-35,44H,6,8,14,24-28H2,1-5H3,(H,45,71)(H,46,68)/b17-11-,48-44?,49-47?,52-50+,53-51+,56-54+,57-55+,60-58+,61-59+,64-62+,65-63+/t32-,34-,35-,42-,43+/m0/s1. The molecule has 34 heteroatoms. The Morgan fingerprint density at radius 1 is 0.779 bits per heavy atom. The number of benzene rings is 3. The highest BCUT2D eigenvalue weighted by molar-refractivity contribution is 7.89. The van der Waals surface area contributed by atoms with Gasteiger partial charge in [-0.05, 0) is 159 Å². The van der Waals surface area contributed by atoms with Crippen molar-refractivity contribution < 1.29 is 41.8 Å². The highest BCUT2D eigenvalue weighted by atomic mass is 32.2. The van der Waals surface area contributed by atoms with Crippen molar-refractivity contribution in [3.05, 3.63) is 96.6 Å². The average Bonchev–Trinajstić information content (AvgIpc) is 4.04. The largest absolute Gasteiger partial charge is 0.464 e. The van der Waals surface area contributed by atoms with E-state index in [0.29, 0.717) is 12.0 Å². The third-order valence-electron chi connectivity index (χ3n) is 11.7. The molecule has 3 N–H and O–H groups in total. The van der Waals surface area contributed by atoms with Crippen LogP contribution in [0.1, 0.15) is 58.9 Å². The van der Waals surface area contributed by atoms with E-state index < -0.39 is 75.2 Å². The van der Waals surface area contributed by atoms with Gasteiger partial charge in [-0.3, -0.25) is 9.59 Å². The maximum atomic E-state index is 15.4. The Bertz CT molecular complexity index is 3000. The number of sulfonamides is 1. The van der Waals surface area contributed by atoms with E-state index in [1.807, 2.05) is 54.6 Å². The van der Waals surface area contributed by atoms with Gasteiger partial charge in [-0.25, -0.2) is 18.0 Å². The average molecular weight is 1080 g/mol. The van der Waals surface area contributed by atoms with E-state index in [2.05, 4.69) is 110 Å². The summed E-state index contributed by atoms with van der Waals surface area (Å²) in [6, 6.07) is 19.7. The number of alkyl carbamates (subject to hydrolysis) is 1. The summed E-state index contributed by atoms with van der Waals surface area (Å²) in [6.07, 6.45) is 3.13. The van der Waals surface area contributed by atoms with Crippen molar-refractivity contribution in [2.45, 2.75) is 87.1 Å². The molecule has 0 unspecified atom stereocenters. The molecule has 3 amide bonds. The van der Waals surface area contributed by atoms with E-state index in [1.165, 1.54) is 36.3 Å². The topological polar surface area (TPSA) is 419 Å². The van der Waals surface area contributed by atoms with Gasteiger partial charge in [0.15, 0.2) is 0 Å². The summed E-state index contributed by atoms with van der Waals surface area (Å²) in [4.78, 5) is 58.5. The molecule has 77 heavy (non-hydrogen) atoms. The normalized spacial score (nSPS) is 23.6. The second-order valence-electron chi connectivity index (χ2n) is 17.6. The summed E-state index contributed by atoms with van der Waals surface area (Å²) in [5.74, 6) is -2.65. The number of nitrogens with one attached hydrogen (secondary N) is 3. The van der Waals surface area contributed by atoms with Gasteiger partial charge in [-0.1, -0.05) is 78.9 Å². The predicted octanol–water partition coefficient (Wildman–Crippen LogP) is 9.14. The molecule has 1 aliphatic carbocycles. The molecule has 5 atom stereocenters. The number of methoxy groups -OCH3 is 1. The lowest BCUT2D eigenvalue weighted by Crippen LogP contribution is -2.59. The van der Waals surface area contributed by atoms with Gasteiger partial charge in [0.05, 0.1) is 13.2 Å². The summed E-state index contributed by atoms with van der Waals surface area (Å²) in [7, 11) is -3.19. The molecular weight excluding hydrogens is 1030 g/mol. The van der Waals surface area contributed by atoms with Gasteiger partial charge in [0.25, 0.3) is 0 Å². The van der Waals surface area contributed by atoms with E-state index in [4.69, 9.17) is 19.7 Å². The zero-order valence-electron chi connectivity index (χ0n) is 42.0. The number of nitrogens with zero attached hydrogens (tertiary/aromatic N) is 21. The van der Waals surface area contributed by atoms with E-state index in [0.717, 1.165) is 15.4 Å². The maximum Gasteiger partial charge on any atom is 0.408 e. The first-order valence-corrected chi connectivity index (χ1v) is 24.7. The number of hydrogen-bond donors (Lipinski definition) is 3. The van der Waals surface area contributed by atoms with E-state index in [9.17, 15) is 22.8 Å². The summed E-state index contributed by atoms with van der Waals surface area (Å²) in [5.41, 5.74) is 4.86. The molecule has 3 aliphatic rings. The van der Waals surface area contributed by atoms with Gasteiger partial charge in [0, 0.05) is 43.0 Å². The van der Waals surface area contributed by atoms with Gasteiger partial charge in [-0.15, -0.1) is 5.11 Å². The monoisotopic (exact) mass is 1080 g/mol. The molecule has 1 saturated heterocycles. The van der Waals surface area contributed by atoms with Gasteiger partial charge in [0.1, 0.15) is 39.4 Å². The minimum absolute atomic E-state index is 0.0476. The third-order valence-corrected chi connectivity index (χ3v) is 13.6. The molecular formula is C43H52N24O9S. The lowest BCUT2D eigenvalue weighted by molar-refractivity contribution is -0.150. The molecule has 3 aromatic rings. The number of ether oxygens (including phenoxy) is 3. The predicted molar refractivity (Wildman–Crippen MR) is 262 cm³/mol. The highest BCUT2D eigenvalue weighted by Crippen LogP contribution is 2.47. The molecule has 0 spiro atoms. The molecule has 6 rings (SSSR count). The molecule has 1 saturated carbocycles. The van der Waals surface area contributed by atoms with Crippen LogP contribution < -0.4 is 10.6 Å². The zero-order chi connectivity index (χ0) is 55.3.